The van der Waals surface area contributed by atoms with Crippen LogP contribution in [0.15, 0.2) is 0 Å². The summed E-state index contributed by atoms with van der Waals surface area (Å²) < 4.78 is 5.77. The van der Waals surface area contributed by atoms with E-state index in [1.54, 1.807) is 0 Å². The highest BCUT2D eigenvalue weighted by molar-refractivity contribution is 4.92. The third kappa shape index (κ3) is 3.43. The molecule has 0 amide bonds. The third-order valence-electron chi connectivity index (χ3n) is 4.28. The van der Waals surface area contributed by atoms with Gasteiger partial charge in [-0.2, -0.15) is 0 Å². The highest BCUT2D eigenvalue weighted by atomic mass is 16.5. The van der Waals surface area contributed by atoms with Gasteiger partial charge in [0.15, 0.2) is 0 Å². The molecule has 0 aromatic rings. The molecule has 0 radical (unpaired) electrons. The van der Waals surface area contributed by atoms with Crippen molar-refractivity contribution in [2.24, 2.45) is 5.41 Å². The molecule has 0 spiro atoms. The third-order valence-corrected chi connectivity index (χ3v) is 4.28. The van der Waals surface area contributed by atoms with Gasteiger partial charge in [0.1, 0.15) is 0 Å². The van der Waals surface area contributed by atoms with Gasteiger partial charge in [-0.15, -0.1) is 0 Å². The Hall–Kier alpha value is -0.120. The fourth-order valence-corrected chi connectivity index (χ4v) is 3.11. The molecule has 100 valence electrons. The second-order valence-electron chi connectivity index (χ2n) is 6.94. The lowest BCUT2D eigenvalue weighted by molar-refractivity contribution is -0.0909. The number of nitrogens with one attached hydrogen (secondary N) is 1. The van der Waals surface area contributed by atoms with Crippen LogP contribution in [0, 0.1) is 5.41 Å². The Morgan fingerprint density at radius 3 is 2.71 bits per heavy atom. The minimum Gasteiger partial charge on any atom is -0.373 e. The summed E-state index contributed by atoms with van der Waals surface area (Å²) in [6.07, 6.45) is 2.66. The van der Waals surface area contributed by atoms with Crippen molar-refractivity contribution in [3.8, 4) is 0 Å². The Morgan fingerprint density at radius 1 is 1.29 bits per heavy atom. The highest BCUT2D eigenvalue weighted by Crippen LogP contribution is 2.31. The van der Waals surface area contributed by atoms with Crippen LogP contribution in [0.1, 0.15) is 40.5 Å². The molecular formula is C14H28N2O. The Bertz CT molecular complexity index is 263. The number of morpholine rings is 1. The maximum atomic E-state index is 5.77. The van der Waals surface area contributed by atoms with Crippen LogP contribution in [0.2, 0.25) is 0 Å². The number of rotatable bonds is 2. The number of ether oxygens (including phenoxy) is 1. The first-order valence-corrected chi connectivity index (χ1v) is 6.99. The molecular weight excluding hydrogens is 212 g/mol. The van der Waals surface area contributed by atoms with Crippen LogP contribution in [-0.2, 0) is 4.74 Å². The molecule has 0 aromatic heterocycles. The SMILES string of the molecule is CC1(C)CN(CC2NCCCC2(C)C)CCO1. The van der Waals surface area contributed by atoms with Gasteiger partial charge in [-0.3, -0.25) is 4.90 Å². The van der Waals surface area contributed by atoms with Crippen LogP contribution in [-0.4, -0.2) is 49.3 Å². The summed E-state index contributed by atoms with van der Waals surface area (Å²) in [4.78, 5) is 2.56. The normalized spacial score (nSPS) is 33.5. The van der Waals surface area contributed by atoms with Crippen molar-refractivity contribution in [3.05, 3.63) is 0 Å². The van der Waals surface area contributed by atoms with E-state index in [1.165, 1.54) is 25.9 Å². The highest BCUT2D eigenvalue weighted by Gasteiger charge is 2.35. The van der Waals surface area contributed by atoms with Gasteiger partial charge < -0.3 is 10.1 Å². The Morgan fingerprint density at radius 2 is 2.06 bits per heavy atom. The number of nitrogens with zero attached hydrogens (tertiary/aromatic N) is 1. The van der Waals surface area contributed by atoms with Crippen LogP contribution in [0.3, 0.4) is 0 Å². The molecule has 2 rings (SSSR count). The number of piperidine rings is 1. The summed E-state index contributed by atoms with van der Waals surface area (Å²) in [5.74, 6) is 0. The Labute approximate surface area is 106 Å². The standard InChI is InChI=1S/C14H28N2O/c1-13(2)6-5-7-15-12(13)10-16-8-9-17-14(3,4)11-16/h12,15H,5-11H2,1-4H3. The van der Waals surface area contributed by atoms with Crippen LogP contribution < -0.4 is 5.32 Å². The first kappa shape index (κ1) is 13.3. The van der Waals surface area contributed by atoms with Crippen molar-refractivity contribution in [2.45, 2.75) is 52.2 Å². The van der Waals surface area contributed by atoms with Gasteiger partial charge in [0.05, 0.1) is 12.2 Å². The second kappa shape index (κ2) is 4.87. The van der Waals surface area contributed by atoms with Crippen molar-refractivity contribution in [1.29, 1.82) is 0 Å². The molecule has 1 N–H and O–H groups in total. The van der Waals surface area contributed by atoms with Gasteiger partial charge in [-0.1, -0.05) is 13.8 Å². The van der Waals surface area contributed by atoms with E-state index in [2.05, 4.69) is 37.9 Å². The van der Waals surface area contributed by atoms with E-state index in [9.17, 15) is 0 Å². The lowest BCUT2D eigenvalue weighted by Crippen LogP contribution is -2.57. The van der Waals surface area contributed by atoms with Crippen molar-refractivity contribution in [3.63, 3.8) is 0 Å². The molecule has 0 bridgehead atoms. The molecule has 3 heteroatoms. The van der Waals surface area contributed by atoms with E-state index in [0.29, 0.717) is 11.5 Å². The summed E-state index contributed by atoms with van der Waals surface area (Å²) in [6.45, 7) is 14.5. The van der Waals surface area contributed by atoms with E-state index in [-0.39, 0.29) is 5.60 Å². The Kier molecular flexibility index (Phi) is 3.81. The van der Waals surface area contributed by atoms with E-state index in [4.69, 9.17) is 4.74 Å². The summed E-state index contributed by atoms with van der Waals surface area (Å²) in [7, 11) is 0. The van der Waals surface area contributed by atoms with E-state index in [0.717, 1.165) is 19.7 Å². The van der Waals surface area contributed by atoms with Crippen molar-refractivity contribution in [2.75, 3.05) is 32.8 Å². The van der Waals surface area contributed by atoms with E-state index < -0.39 is 0 Å². The zero-order valence-corrected chi connectivity index (χ0v) is 11.9. The zero-order chi connectivity index (χ0) is 12.5. The molecule has 17 heavy (non-hydrogen) atoms. The second-order valence-corrected chi connectivity index (χ2v) is 6.94. The first-order chi connectivity index (χ1) is 7.89. The molecule has 2 heterocycles. The minimum atomic E-state index is 0.0249. The smallest absolute Gasteiger partial charge is 0.0753 e. The lowest BCUT2D eigenvalue weighted by Gasteiger charge is -2.45. The van der Waals surface area contributed by atoms with Gasteiger partial charge in [0.25, 0.3) is 0 Å². The van der Waals surface area contributed by atoms with E-state index >= 15 is 0 Å². The lowest BCUT2D eigenvalue weighted by atomic mass is 9.77. The average Bonchev–Trinajstić information content (AvgIpc) is 2.20. The molecule has 2 saturated heterocycles. The molecule has 1 atom stereocenters. The van der Waals surface area contributed by atoms with Gasteiger partial charge in [-0.25, -0.2) is 0 Å². The van der Waals surface area contributed by atoms with Gasteiger partial charge in [0, 0.05) is 25.7 Å². The molecule has 2 aliphatic rings. The van der Waals surface area contributed by atoms with Crippen LogP contribution in [0.4, 0.5) is 0 Å². The largest absolute Gasteiger partial charge is 0.373 e. The quantitative estimate of drug-likeness (QED) is 0.797. The van der Waals surface area contributed by atoms with Gasteiger partial charge in [0.2, 0.25) is 0 Å². The fourth-order valence-electron chi connectivity index (χ4n) is 3.11. The number of hydrogen-bond donors (Lipinski definition) is 1. The molecule has 0 aliphatic carbocycles. The first-order valence-electron chi connectivity index (χ1n) is 6.99. The molecule has 2 fully saturated rings. The molecule has 0 aromatic carbocycles. The predicted molar refractivity (Wildman–Crippen MR) is 71.3 cm³/mol. The average molecular weight is 240 g/mol. The summed E-state index contributed by atoms with van der Waals surface area (Å²) in [5.41, 5.74) is 0.456. The maximum Gasteiger partial charge on any atom is 0.0753 e. The minimum absolute atomic E-state index is 0.0249. The summed E-state index contributed by atoms with van der Waals surface area (Å²) in [5, 5.41) is 3.70. The monoisotopic (exact) mass is 240 g/mol. The van der Waals surface area contributed by atoms with E-state index in [1.807, 2.05) is 0 Å². The van der Waals surface area contributed by atoms with Gasteiger partial charge in [-0.05, 0) is 38.6 Å². The zero-order valence-electron chi connectivity index (χ0n) is 11.9. The molecule has 0 saturated carbocycles. The van der Waals surface area contributed by atoms with Crippen molar-refractivity contribution in [1.82, 2.24) is 10.2 Å². The predicted octanol–water partition coefficient (Wildman–Crippen LogP) is 1.88. The molecule has 1 unspecified atom stereocenters. The fraction of sp³-hybridized carbons (Fsp3) is 1.00. The molecule has 3 nitrogen and oxygen atoms in total. The summed E-state index contributed by atoms with van der Waals surface area (Å²) in [6, 6.07) is 0.630. The van der Waals surface area contributed by atoms with Crippen LogP contribution >= 0.6 is 0 Å². The van der Waals surface area contributed by atoms with Crippen LogP contribution in [0.5, 0.6) is 0 Å². The summed E-state index contributed by atoms with van der Waals surface area (Å²) >= 11 is 0. The van der Waals surface area contributed by atoms with Crippen LogP contribution in [0.25, 0.3) is 0 Å². The van der Waals surface area contributed by atoms with Gasteiger partial charge >= 0.3 is 0 Å². The topological polar surface area (TPSA) is 24.5 Å². The van der Waals surface area contributed by atoms with Crippen molar-refractivity contribution >= 4 is 0 Å². The maximum absolute atomic E-state index is 5.77. The molecule has 2 aliphatic heterocycles. The Balaban J connectivity index is 1.91. The number of hydrogen-bond acceptors (Lipinski definition) is 3. The van der Waals surface area contributed by atoms with Crippen molar-refractivity contribution < 1.29 is 4.74 Å².